The van der Waals surface area contributed by atoms with Gasteiger partial charge in [0, 0.05) is 10.7 Å². The molecular weight excluding hydrogens is 302 g/mol. The number of benzene rings is 1. The van der Waals surface area contributed by atoms with Gasteiger partial charge in [-0.3, -0.25) is 0 Å². The molecule has 0 aliphatic rings. The Morgan fingerprint density at radius 2 is 2.06 bits per heavy atom. The second-order valence-corrected chi connectivity index (χ2v) is 6.46. The van der Waals surface area contributed by atoms with Crippen LogP contribution in [-0.2, 0) is 9.05 Å². The average Bonchev–Trinajstić information content (AvgIpc) is 2.60. The minimum atomic E-state index is -3.92. The van der Waals surface area contributed by atoms with Gasteiger partial charge in [-0.15, -0.1) is 0 Å². The molecule has 0 spiro atoms. The van der Waals surface area contributed by atoms with Crippen molar-refractivity contribution in [1.29, 1.82) is 0 Å². The highest BCUT2D eigenvalue weighted by atomic mass is 35.7. The molecule has 0 aliphatic carbocycles. The lowest BCUT2D eigenvalue weighted by Crippen LogP contribution is -2.04. The topological polar surface area (TPSA) is 52.0 Å². The molecule has 0 fully saturated rings. The molecule has 0 saturated heterocycles. The predicted octanol–water partition coefficient (Wildman–Crippen LogP) is 2.90. The first kappa shape index (κ1) is 13.3. The van der Waals surface area contributed by atoms with Gasteiger partial charge >= 0.3 is 0 Å². The number of hydrogen-bond donors (Lipinski definition) is 0. The first-order valence-corrected chi connectivity index (χ1v) is 7.45. The van der Waals surface area contributed by atoms with Crippen molar-refractivity contribution in [3.8, 4) is 5.69 Å². The molecule has 1 aromatic carbocycles. The Kier molecular flexibility index (Phi) is 3.35. The van der Waals surface area contributed by atoms with Crippen LogP contribution in [0, 0.1) is 12.7 Å². The van der Waals surface area contributed by atoms with Crippen molar-refractivity contribution in [2.45, 2.75) is 11.8 Å². The van der Waals surface area contributed by atoms with Crippen LogP contribution in [0.2, 0.25) is 5.02 Å². The Hall–Kier alpha value is -1.11. The van der Waals surface area contributed by atoms with E-state index in [4.69, 9.17) is 22.3 Å². The smallest absolute Gasteiger partial charge is 0.232 e. The third-order valence-corrected chi connectivity index (χ3v) is 4.11. The number of rotatable bonds is 2. The summed E-state index contributed by atoms with van der Waals surface area (Å²) in [6.07, 6.45) is 1.06. The van der Waals surface area contributed by atoms with E-state index in [9.17, 15) is 12.8 Å². The van der Waals surface area contributed by atoms with Gasteiger partial charge in [-0.25, -0.2) is 17.5 Å². The van der Waals surface area contributed by atoms with Crippen LogP contribution in [0.4, 0.5) is 4.39 Å². The molecule has 0 amide bonds. The lowest BCUT2D eigenvalue weighted by atomic mass is 10.3. The van der Waals surface area contributed by atoms with Crippen LogP contribution in [-0.4, -0.2) is 18.2 Å². The number of aromatic nitrogens is 2. The summed E-state index contributed by atoms with van der Waals surface area (Å²) in [6.45, 7) is 1.46. The molecule has 0 N–H and O–H groups in total. The second kappa shape index (κ2) is 4.53. The first-order valence-electron chi connectivity index (χ1n) is 4.76. The van der Waals surface area contributed by atoms with Gasteiger partial charge in [0.2, 0.25) is 0 Å². The van der Waals surface area contributed by atoms with E-state index in [1.54, 1.807) is 0 Å². The molecule has 0 atom stereocenters. The van der Waals surface area contributed by atoms with Gasteiger partial charge in [0.05, 0.1) is 16.9 Å². The van der Waals surface area contributed by atoms with Crippen molar-refractivity contribution >= 4 is 31.3 Å². The standard InChI is InChI=1S/C10H7Cl2FN2O2S/c1-6-9(18(12,16)17)5-14-15(6)10-7(11)3-2-4-8(10)13/h2-5H,1H3. The number of hydrogen-bond acceptors (Lipinski definition) is 3. The van der Waals surface area contributed by atoms with E-state index in [-0.39, 0.29) is 21.3 Å². The highest BCUT2D eigenvalue weighted by molar-refractivity contribution is 8.13. The third-order valence-electron chi connectivity index (χ3n) is 2.38. The van der Waals surface area contributed by atoms with Crippen LogP contribution in [0.3, 0.4) is 0 Å². The van der Waals surface area contributed by atoms with E-state index in [2.05, 4.69) is 5.10 Å². The molecule has 2 aromatic rings. The minimum Gasteiger partial charge on any atom is -0.232 e. The molecule has 0 aliphatic heterocycles. The van der Waals surface area contributed by atoms with Crippen molar-refractivity contribution in [1.82, 2.24) is 9.78 Å². The molecule has 2 rings (SSSR count). The van der Waals surface area contributed by atoms with Gasteiger partial charge in [0.1, 0.15) is 16.4 Å². The van der Waals surface area contributed by atoms with E-state index >= 15 is 0 Å². The highest BCUT2D eigenvalue weighted by Crippen LogP contribution is 2.27. The van der Waals surface area contributed by atoms with E-state index in [1.807, 2.05) is 0 Å². The van der Waals surface area contributed by atoms with Gasteiger partial charge in [-0.05, 0) is 19.1 Å². The normalized spacial score (nSPS) is 11.8. The van der Waals surface area contributed by atoms with Crippen LogP contribution >= 0.6 is 22.3 Å². The van der Waals surface area contributed by atoms with Crippen molar-refractivity contribution < 1.29 is 12.8 Å². The van der Waals surface area contributed by atoms with E-state index in [0.29, 0.717) is 0 Å². The molecule has 0 unspecified atom stereocenters. The molecular formula is C10H7Cl2FN2O2S. The molecule has 0 radical (unpaired) electrons. The maximum absolute atomic E-state index is 13.7. The van der Waals surface area contributed by atoms with E-state index < -0.39 is 14.9 Å². The second-order valence-electron chi connectivity index (χ2n) is 3.51. The van der Waals surface area contributed by atoms with Crippen molar-refractivity contribution in [2.75, 3.05) is 0 Å². The summed E-state index contributed by atoms with van der Waals surface area (Å²) >= 11 is 5.88. The summed E-state index contributed by atoms with van der Waals surface area (Å²) in [5, 5.41) is 3.93. The lowest BCUT2D eigenvalue weighted by molar-refractivity contribution is 0.604. The lowest BCUT2D eigenvalue weighted by Gasteiger charge is -2.08. The Labute approximate surface area is 112 Å². The molecule has 18 heavy (non-hydrogen) atoms. The molecule has 4 nitrogen and oxygen atoms in total. The fourth-order valence-corrected chi connectivity index (χ4v) is 2.86. The Morgan fingerprint density at radius 1 is 1.39 bits per heavy atom. The van der Waals surface area contributed by atoms with E-state index in [0.717, 1.165) is 10.9 Å². The van der Waals surface area contributed by atoms with Crippen molar-refractivity contribution in [2.24, 2.45) is 0 Å². The first-order chi connectivity index (χ1) is 8.32. The number of halogens is 3. The fraction of sp³-hybridized carbons (Fsp3) is 0.100. The molecule has 96 valence electrons. The molecule has 1 heterocycles. The van der Waals surface area contributed by atoms with Crippen LogP contribution in [0.1, 0.15) is 5.69 Å². The summed E-state index contributed by atoms with van der Waals surface area (Å²) in [4.78, 5) is -0.177. The van der Waals surface area contributed by atoms with Gasteiger partial charge in [-0.1, -0.05) is 17.7 Å². The average molecular weight is 309 g/mol. The van der Waals surface area contributed by atoms with Gasteiger partial charge in [-0.2, -0.15) is 5.10 Å². The number of para-hydroxylation sites is 1. The monoisotopic (exact) mass is 308 g/mol. The summed E-state index contributed by atoms with van der Waals surface area (Å²) < 4.78 is 37.3. The maximum atomic E-state index is 13.7. The number of nitrogens with zero attached hydrogens (tertiary/aromatic N) is 2. The molecule has 0 bridgehead atoms. The van der Waals surface area contributed by atoms with Crippen LogP contribution in [0.5, 0.6) is 0 Å². The van der Waals surface area contributed by atoms with Gasteiger partial charge in [0.25, 0.3) is 9.05 Å². The zero-order chi connectivity index (χ0) is 13.5. The summed E-state index contributed by atoms with van der Waals surface area (Å²) in [6, 6.07) is 4.13. The van der Waals surface area contributed by atoms with Crippen LogP contribution in [0.25, 0.3) is 5.69 Å². The summed E-state index contributed by atoms with van der Waals surface area (Å²) in [5.41, 5.74) is 0.181. The zero-order valence-electron chi connectivity index (χ0n) is 9.06. The quantitative estimate of drug-likeness (QED) is 0.802. The SMILES string of the molecule is Cc1c(S(=O)(=O)Cl)cnn1-c1c(F)cccc1Cl. The Bertz CT molecular complexity index is 692. The summed E-state index contributed by atoms with van der Waals surface area (Å²) in [7, 11) is 1.31. The van der Waals surface area contributed by atoms with Gasteiger partial charge in [0.15, 0.2) is 0 Å². The van der Waals surface area contributed by atoms with Crippen molar-refractivity contribution in [3.63, 3.8) is 0 Å². The van der Waals surface area contributed by atoms with Crippen LogP contribution < -0.4 is 0 Å². The highest BCUT2D eigenvalue weighted by Gasteiger charge is 2.21. The molecule has 8 heteroatoms. The third kappa shape index (κ3) is 2.23. The summed E-state index contributed by atoms with van der Waals surface area (Å²) in [5.74, 6) is -0.604. The Morgan fingerprint density at radius 3 is 2.56 bits per heavy atom. The zero-order valence-corrected chi connectivity index (χ0v) is 11.4. The maximum Gasteiger partial charge on any atom is 0.264 e. The fourth-order valence-electron chi connectivity index (χ4n) is 1.55. The Balaban J connectivity index is 2.71. The van der Waals surface area contributed by atoms with Gasteiger partial charge < -0.3 is 0 Å². The molecule has 0 saturated carbocycles. The predicted molar refractivity (Wildman–Crippen MR) is 66.3 cm³/mol. The minimum absolute atomic E-state index is 0.0109. The van der Waals surface area contributed by atoms with Crippen molar-refractivity contribution in [3.05, 3.63) is 40.9 Å². The van der Waals surface area contributed by atoms with Crippen LogP contribution in [0.15, 0.2) is 29.3 Å². The largest absolute Gasteiger partial charge is 0.264 e. The van der Waals surface area contributed by atoms with E-state index in [1.165, 1.54) is 25.1 Å². The molecule has 1 aromatic heterocycles.